The lowest BCUT2D eigenvalue weighted by Crippen LogP contribution is -1.86. The third-order valence-corrected chi connectivity index (χ3v) is 5.30. The summed E-state index contributed by atoms with van der Waals surface area (Å²) in [4.78, 5) is 4.67. The summed E-state index contributed by atoms with van der Waals surface area (Å²) in [6.07, 6.45) is 1.87. The summed E-state index contributed by atoms with van der Waals surface area (Å²) < 4.78 is 1.10. The molecule has 2 heteroatoms. The molecule has 1 heterocycles. The monoisotopic (exact) mass is 383 g/mol. The molecule has 118 valence electrons. The number of halogens is 1. The minimum atomic E-state index is 1.07. The van der Waals surface area contributed by atoms with Crippen LogP contribution in [0.15, 0.2) is 89.5 Å². The number of pyridine rings is 1. The second-order valence-electron chi connectivity index (χ2n) is 6.21. The largest absolute Gasteiger partial charge is 0.256 e. The number of hydrogen-bond donors (Lipinski definition) is 0. The van der Waals surface area contributed by atoms with Crippen molar-refractivity contribution in [3.05, 3.63) is 89.5 Å². The summed E-state index contributed by atoms with van der Waals surface area (Å²) in [6, 6.07) is 27.9. The zero-order chi connectivity index (χ0) is 16.8. The van der Waals surface area contributed by atoms with Crippen LogP contribution in [-0.4, -0.2) is 4.98 Å². The molecule has 0 saturated carbocycles. The highest BCUT2D eigenvalue weighted by atomic mass is 79.9. The predicted molar refractivity (Wildman–Crippen MR) is 110 cm³/mol. The van der Waals surface area contributed by atoms with Gasteiger partial charge >= 0.3 is 0 Å². The van der Waals surface area contributed by atoms with E-state index in [-0.39, 0.29) is 0 Å². The summed E-state index contributed by atoms with van der Waals surface area (Å²) in [6.45, 7) is 0. The van der Waals surface area contributed by atoms with Crippen molar-refractivity contribution in [2.24, 2.45) is 0 Å². The fraction of sp³-hybridized carbons (Fsp3) is 0. The van der Waals surface area contributed by atoms with Crippen molar-refractivity contribution in [2.45, 2.75) is 0 Å². The van der Waals surface area contributed by atoms with Gasteiger partial charge in [0, 0.05) is 21.4 Å². The molecule has 0 radical (unpaired) electrons. The Bertz CT molecular complexity index is 1200. The van der Waals surface area contributed by atoms with E-state index in [1.807, 2.05) is 12.3 Å². The SMILES string of the molecule is Brc1ccc(-c2ccc3c4ccccc4c4ncccc4c3c2)cc1. The molecule has 0 aliphatic carbocycles. The standard InChI is InChI=1S/C23H14BrN/c24-17-10-7-15(8-11-17)16-9-12-19-18-4-1-2-5-20(18)23-21(22(19)14-16)6-3-13-25-23/h1-14H. The Morgan fingerprint density at radius 2 is 1.20 bits per heavy atom. The van der Waals surface area contributed by atoms with E-state index in [4.69, 9.17) is 0 Å². The lowest BCUT2D eigenvalue weighted by atomic mass is 9.94. The Kier molecular flexibility index (Phi) is 3.32. The van der Waals surface area contributed by atoms with Gasteiger partial charge in [-0.1, -0.05) is 70.5 Å². The normalized spacial score (nSPS) is 11.4. The van der Waals surface area contributed by atoms with Gasteiger partial charge < -0.3 is 0 Å². The molecular formula is C23H14BrN. The third-order valence-electron chi connectivity index (χ3n) is 4.77. The van der Waals surface area contributed by atoms with Crippen molar-refractivity contribution in [1.29, 1.82) is 0 Å². The van der Waals surface area contributed by atoms with Crippen molar-refractivity contribution >= 4 is 48.4 Å². The number of fused-ring (bicyclic) bond motifs is 6. The maximum atomic E-state index is 4.67. The van der Waals surface area contributed by atoms with Crippen LogP contribution in [-0.2, 0) is 0 Å². The van der Waals surface area contributed by atoms with Crippen LogP contribution in [0, 0.1) is 0 Å². The van der Waals surface area contributed by atoms with Crippen LogP contribution in [0.4, 0.5) is 0 Å². The molecule has 0 saturated heterocycles. The zero-order valence-electron chi connectivity index (χ0n) is 13.4. The molecule has 5 aromatic rings. The summed E-state index contributed by atoms with van der Waals surface area (Å²) in [5, 5.41) is 6.20. The first-order valence-corrected chi connectivity index (χ1v) is 9.06. The lowest BCUT2D eigenvalue weighted by molar-refractivity contribution is 1.43. The summed E-state index contributed by atoms with van der Waals surface area (Å²) in [7, 11) is 0. The molecule has 0 spiro atoms. The summed E-state index contributed by atoms with van der Waals surface area (Å²) in [5.41, 5.74) is 3.51. The second-order valence-corrected chi connectivity index (χ2v) is 7.13. The van der Waals surface area contributed by atoms with E-state index in [0.717, 1.165) is 9.99 Å². The van der Waals surface area contributed by atoms with Crippen molar-refractivity contribution < 1.29 is 0 Å². The van der Waals surface area contributed by atoms with E-state index in [0.29, 0.717) is 0 Å². The van der Waals surface area contributed by atoms with Gasteiger partial charge in [-0.3, -0.25) is 4.98 Å². The number of rotatable bonds is 1. The maximum absolute atomic E-state index is 4.67. The summed E-state index contributed by atoms with van der Waals surface area (Å²) in [5.74, 6) is 0. The molecule has 1 nitrogen and oxygen atoms in total. The average molecular weight is 384 g/mol. The van der Waals surface area contributed by atoms with Gasteiger partial charge in [0.05, 0.1) is 5.52 Å². The molecule has 0 amide bonds. The van der Waals surface area contributed by atoms with Crippen molar-refractivity contribution in [2.75, 3.05) is 0 Å². The highest BCUT2D eigenvalue weighted by Gasteiger charge is 2.10. The van der Waals surface area contributed by atoms with Gasteiger partial charge in [-0.15, -0.1) is 0 Å². The summed E-state index contributed by atoms with van der Waals surface area (Å²) >= 11 is 3.51. The van der Waals surface area contributed by atoms with Gasteiger partial charge in [-0.05, 0) is 51.6 Å². The van der Waals surface area contributed by atoms with E-state index >= 15 is 0 Å². The van der Waals surface area contributed by atoms with E-state index in [2.05, 4.69) is 93.7 Å². The van der Waals surface area contributed by atoms with Gasteiger partial charge in [0.2, 0.25) is 0 Å². The maximum Gasteiger partial charge on any atom is 0.0786 e. The molecule has 5 rings (SSSR count). The fourth-order valence-electron chi connectivity index (χ4n) is 3.59. The van der Waals surface area contributed by atoms with Gasteiger partial charge in [-0.2, -0.15) is 0 Å². The van der Waals surface area contributed by atoms with Crippen molar-refractivity contribution in [3.8, 4) is 11.1 Å². The molecule has 0 bridgehead atoms. The molecule has 4 aromatic carbocycles. The van der Waals surface area contributed by atoms with E-state index in [1.54, 1.807) is 0 Å². The van der Waals surface area contributed by atoms with Crippen LogP contribution < -0.4 is 0 Å². The van der Waals surface area contributed by atoms with Gasteiger partial charge in [0.1, 0.15) is 0 Å². The van der Waals surface area contributed by atoms with E-state index in [1.165, 1.54) is 38.1 Å². The molecule has 0 fully saturated rings. The second kappa shape index (κ2) is 5.68. The number of aromatic nitrogens is 1. The van der Waals surface area contributed by atoms with Crippen LogP contribution in [0.25, 0.3) is 43.6 Å². The van der Waals surface area contributed by atoms with Gasteiger partial charge in [-0.25, -0.2) is 0 Å². The Hall–Kier alpha value is -2.71. The molecule has 25 heavy (non-hydrogen) atoms. The third kappa shape index (κ3) is 2.33. The van der Waals surface area contributed by atoms with E-state index in [9.17, 15) is 0 Å². The fourth-order valence-corrected chi connectivity index (χ4v) is 3.85. The Labute approximate surface area is 154 Å². The molecule has 0 aliphatic heterocycles. The minimum Gasteiger partial charge on any atom is -0.256 e. The molecule has 0 unspecified atom stereocenters. The van der Waals surface area contributed by atoms with Crippen LogP contribution in [0.5, 0.6) is 0 Å². The van der Waals surface area contributed by atoms with Crippen molar-refractivity contribution in [1.82, 2.24) is 4.98 Å². The Morgan fingerprint density at radius 3 is 2.04 bits per heavy atom. The Balaban J connectivity index is 1.91. The van der Waals surface area contributed by atoms with Crippen LogP contribution in [0.1, 0.15) is 0 Å². The first-order valence-electron chi connectivity index (χ1n) is 8.26. The van der Waals surface area contributed by atoms with Crippen LogP contribution >= 0.6 is 15.9 Å². The number of nitrogens with zero attached hydrogens (tertiary/aromatic N) is 1. The zero-order valence-corrected chi connectivity index (χ0v) is 15.0. The molecule has 0 atom stereocenters. The van der Waals surface area contributed by atoms with Crippen LogP contribution in [0.3, 0.4) is 0 Å². The van der Waals surface area contributed by atoms with Gasteiger partial charge in [0.25, 0.3) is 0 Å². The van der Waals surface area contributed by atoms with Crippen LogP contribution in [0.2, 0.25) is 0 Å². The molecule has 0 aliphatic rings. The molecule has 0 N–H and O–H groups in total. The molecule has 1 aromatic heterocycles. The van der Waals surface area contributed by atoms with Crippen molar-refractivity contribution in [3.63, 3.8) is 0 Å². The van der Waals surface area contributed by atoms with Gasteiger partial charge in [0.15, 0.2) is 0 Å². The average Bonchev–Trinajstić information content (AvgIpc) is 2.68. The highest BCUT2D eigenvalue weighted by molar-refractivity contribution is 9.10. The lowest BCUT2D eigenvalue weighted by Gasteiger charge is -2.11. The molecular weight excluding hydrogens is 370 g/mol. The smallest absolute Gasteiger partial charge is 0.0786 e. The first kappa shape index (κ1) is 14.6. The topological polar surface area (TPSA) is 12.9 Å². The number of hydrogen-bond acceptors (Lipinski definition) is 1. The first-order chi connectivity index (χ1) is 12.3. The minimum absolute atomic E-state index is 1.07. The van der Waals surface area contributed by atoms with E-state index < -0.39 is 0 Å². The quantitative estimate of drug-likeness (QED) is 0.284. The number of benzene rings is 4. The Morgan fingerprint density at radius 1 is 0.560 bits per heavy atom. The highest BCUT2D eigenvalue weighted by Crippen LogP contribution is 2.36. The predicted octanol–water partition coefficient (Wildman–Crippen LogP) is 6.97.